The Morgan fingerprint density at radius 1 is 0.875 bits per heavy atom. The molecule has 0 atom stereocenters. The van der Waals surface area contributed by atoms with Gasteiger partial charge in [-0.25, -0.2) is 0 Å². The van der Waals surface area contributed by atoms with Gasteiger partial charge in [0, 0.05) is 6.54 Å². The van der Waals surface area contributed by atoms with Crippen LogP contribution in [0.5, 0.6) is 0 Å². The molecule has 1 aromatic carbocycles. The van der Waals surface area contributed by atoms with Gasteiger partial charge in [-0.1, -0.05) is 36.8 Å². The second-order valence-electron chi connectivity index (χ2n) is 4.14. The highest BCUT2D eigenvalue weighted by molar-refractivity contribution is 5.14. The van der Waals surface area contributed by atoms with Gasteiger partial charge in [0.15, 0.2) is 0 Å². The number of hydrogen-bond donors (Lipinski definition) is 0. The fraction of sp³-hybridized carbons (Fsp3) is 0.538. The lowest BCUT2D eigenvalue weighted by Crippen LogP contribution is -2.31. The van der Waals surface area contributed by atoms with Crippen molar-refractivity contribution in [3.8, 4) is 0 Å². The van der Waals surface area contributed by atoms with Crippen molar-refractivity contribution in [1.82, 2.24) is 4.90 Å². The number of hydrogen-bond acceptors (Lipinski definition) is 1. The summed E-state index contributed by atoms with van der Waals surface area (Å²) in [6.45, 7) is 3.86. The molecule has 92 valence electrons. The third kappa shape index (κ3) is 4.75. The molecule has 1 saturated heterocycles. The van der Waals surface area contributed by atoms with Crippen LogP contribution in [-0.4, -0.2) is 35.5 Å². The summed E-state index contributed by atoms with van der Waals surface area (Å²) < 4.78 is 0. The average Bonchev–Trinajstić information content (AvgIpc) is 2.29. The largest absolute Gasteiger partial charge is 0.412 e. The molecule has 0 aromatic heterocycles. The third-order valence-corrected chi connectivity index (χ3v) is 3.01. The van der Waals surface area contributed by atoms with Gasteiger partial charge in [0.2, 0.25) is 0 Å². The quantitative estimate of drug-likeness (QED) is 0.758. The Labute approximate surface area is 97.7 Å². The Balaban J connectivity index is 0.00000112. The van der Waals surface area contributed by atoms with Gasteiger partial charge in [-0.05, 0) is 37.9 Å². The van der Waals surface area contributed by atoms with E-state index in [1.54, 1.807) is 0 Å². The van der Waals surface area contributed by atoms with Gasteiger partial charge in [-0.15, -0.1) is 0 Å². The van der Waals surface area contributed by atoms with Crippen molar-refractivity contribution >= 4 is 0 Å². The van der Waals surface area contributed by atoms with Crippen molar-refractivity contribution in [2.24, 2.45) is 0 Å². The van der Waals surface area contributed by atoms with Gasteiger partial charge in [0.1, 0.15) is 0 Å². The van der Waals surface area contributed by atoms with Gasteiger partial charge in [-0.2, -0.15) is 0 Å². The van der Waals surface area contributed by atoms with E-state index in [0.29, 0.717) is 0 Å². The van der Waals surface area contributed by atoms with Crippen LogP contribution in [0.1, 0.15) is 24.8 Å². The third-order valence-electron chi connectivity index (χ3n) is 3.01. The Bertz CT molecular complexity index is 258. The first kappa shape index (κ1) is 15.1. The van der Waals surface area contributed by atoms with Crippen LogP contribution in [0.3, 0.4) is 0 Å². The van der Waals surface area contributed by atoms with Gasteiger partial charge in [-0.3, -0.25) is 0 Å². The zero-order chi connectivity index (χ0) is 9.64. The summed E-state index contributed by atoms with van der Waals surface area (Å²) in [6.07, 6.45) is 5.44. The normalized spacial score (nSPS) is 16.0. The van der Waals surface area contributed by atoms with E-state index in [0.717, 1.165) is 0 Å². The van der Waals surface area contributed by atoms with Crippen molar-refractivity contribution < 1.29 is 11.0 Å². The second-order valence-corrected chi connectivity index (χ2v) is 4.14. The summed E-state index contributed by atoms with van der Waals surface area (Å²) in [5, 5.41) is 0. The molecule has 1 heterocycles. The lowest BCUT2D eigenvalue weighted by molar-refractivity contribution is 0.231. The fourth-order valence-corrected chi connectivity index (χ4v) is 2.11. The van der Waals surface area contributed by atoms with E-state index < -0.39 is 0 Å². The van der Waals surface area contributed by atoms with Crippen LogP contribution >= 0.6 is 0 Å². The van der Waals surface area contributed by atoms with E-state index in [9.17, 15) is 0 Å². The monoisotopic (exact) mass is 225 g/mol. The highest BCUT2D eigenvalue weighted by Crippen LogP contribution is 2.09. The van der Waals surface area contributed by atoms with E-state index in [1.165, 1.54) is 50.9 Å². The van der Waals surface area contributed by atoms with E-state index in [4.69, 9.17) is 0 Å². The predicted octanol–water partition coefficient (Wildman–Crippen LogP) is 1.07. The van der Waals surface area contributed by atoms with Crippen LogP contribution in [0.2, 0.25) is 0 Å². The van der Waals surface area contributed by atoms with E-state index >= 15 is 0 Å². The molecule has 0 amide bonds. The van der Waals surface area contributed by atoms with E-state index in [1.807, 2.05) is 0 Å². The van der Waals surface area contributed by atoms with E-state index in [2.05, 4.69) is 35.2 Å². The molecule has 3 heteroatoms. The Hall–Kier alpha value is -0.900. The summed E-state index contributed by atoms with van der Waals surface area (Å²) >= 11 is 0. The Morgan fingerprint density at radius 3 is 2.12 bits per heavy atom. The van der Waals surface area contributed by atoms with Crippen LogP contribution in [0, 0.1) is 0 Å². The first-order chi connectivity index (χ1) is 6.95. The molecule has 0 saturated carbocycles. The molecule has 0 bridgehead atoms. The molecule has 0 spiro atoms. The summed E-state index contributed by atoms with van der Waals surface area (Å²) in [5.41, 5.74) is 1.47. The number of benzene rings is 1. The molecule has 2 rings (SSSR count). The molecule has 3 nitrogen and oxygen atoms in total. The van der Waals surface area contributed by atoms with Crippen LogP contribution in [0.25, 0.3) is 0 Å². The molecule has 1 fully saturated rings. The minimum absolute atomic E-state index is 0. The molecule has 1 aromatic rings. The summed E-state index contributed by atoms with van der Waals surface area (Å²) in [4.78, 5) is 2.59. The molecular weight excluding hydrogens is 202 g/mol. The molecule has 4 N–H and O–H groups in total. The van der Waals surface area contributed by atoms with Crippen LogP contribution in [0.4, 0.5) is 0 Å². The van der Waals surface area contributed by atoms with Gasteiger partial charge in [0.05, 0.1) is 0 Å². The van der Waals surface area contributed by atoms with Crippen LogP contribution in [-0.2, 0) is 6.42 Å². The maximum absolute atomic E-state index is 2.59. The highest BCUT2D eigenvalue weighted by atomic mass is 16.0. The molecule has 0 radical (unpaired) electrons. The smallest absolute Gasteiger partial charge is 0.00218 e. The first-order valence-electron chi connectivity index (χ1n) is 5.71. The lowest BCUT2D eigenvalue weighted by Gasteiger charge is -2.26. The Morgan fingerprint density at radius 2 is 1.50 bits per heavy atom. The number of rotatable bonds is 3. The predicted molar refractivity (Wildman–Crippen MR) is 67.7 cm³/mol. The summed E-state index contributed by atoms with van der Waals surface area (Å²) in [6, 6.07) is 10.8. The number of piperidine rings is 1. The van der Waals surface area contributed by atoms with Crippen molar-refractivity contribution in [2.45, 2.75) is 25.7 Å². The van der Waals surface area contributed by atoms with Crippen molar-refractivity contribution in [2.75, 3.05) is 19.6 Å². The fourth-order valence-electron chi connectivity index (χ4n) is 2.11. The van der Waals surface area contributed by atoms with Crippen LogP contribution in [0.15, 0.2) is 30.3 Å². The maximum atomic E-state index is 2.59. The van der Waals surface area contributed by atoms with Gasteiger partial charge < -0.3 is 15.9 Å². The Kier molecular flexibility index (Phi) is 7.81. The molecule has 1 aliphatic heterocycles. The number of nitrogens with zero attached hydrogens (tertiary/aromatic N) is 1. The van der Waals surface area contributed by atoms with E-state index in [-0.39, 0.29) is 11.0 Å². The molecule has 0 unspecified atom stereocenters. The number of likely N-dealkylation sites (tertiary alicyclic amines) is 1. The molecule has 16 heavy (non-hydrogen) atoms. The molecule has 1 aliphatic rings. The molecular formula is C13H23NO2. The first-order valence-corrected chi connectivity index (χ1v) is 5.71. The average molecular weight is 225 g/mol. The maximum Gasteiger partial charge on any atom is 0.00218 e. The zero-order valence-corrected chi connectivity index (χ0v) is 9.78. The van der Waals surface area contributed by atoms with Crippen molar-refractivity contribution in [1.29, 1.82) is 0 Å². The van der Waals surface area contributed by atoms with Crippen LogP contribution < -0.4 is 0 Å². The summed E-state index contributed by atoms with van der Waals surface area (Å²) in [5.74, 6) is 0. The summed E-state index contributed by atoms with van der Waals surface area (Å²) in [7, 11) is 0. The standard InChI is InChI=1S/C13H19N.2H2O/c1-3-7-13(8-4-1)9-12-14-10-5-2-6-11-14;;/h1,3-4,7-8H,2,5-6,9-12H2;2*1H2. The minimum atomic E-state index is 0. The van der Waals surface area contributed by atoms with Gasteiger partial charge in [0.25, 0.3) is 0 Å². The molecule has 0 aliphatic carbocycles. The second kappa shape index (κ2) is 8.28. The minimum Gasteiger partial charge on any atom is -0.412 e. The lowest BCUT2D eigenvalue weighted by atomic mass is 10.1. The van der Waals surface area contributed by atoms with Gasteiger partial charge >= 0.3 is 0 Å². The SMILES string of the molecule is O.O.c1ccc(CCN2CCCCC2)cc1. The van der Waals surface area contributed by atoms with Crippen molar-refractivity contribution in [3.05, 3.63) is 35.9 Å². The zero-order valence-electron chi connectivity index (χ0n) is 9.78. The highest BCUT2D eigenvalue weighted by Gasteiger charge is 2.08. The topological polar surface area (TPSA) is 66.2 Å². The van der Waals surface area contributed by atoms with Crippen molar-refractivity contribution in [3.63, 3.8) is 0 Å².